The minimum atomic E-state index is -0.355. The van der Waals surface area contributed by atoms with Gasteiger partial charge >= 0.3 is 0 Å². The number of piperidine rings is 1. The predicted octanol–water partition coefficient (Wildman–Crippen LogP) is 3.13. The highest BCUT2D eigenvalue weighted by Gasteiger charge is 2.49. The Morgan fingerprint density at radius 2 is 2.08 bits per heavy atom. The van der Waals surface area contributed by atoms with Crippen molar-refractivity contribution in [3.63, 3.8) is 0 Å². The smallest absolute Gasteiger partial charge is 0.230 e. The number of likely N-dealkylation sites (tertiary alicyclic amines) is 2. The van der Waals surface area contributed by atoms with Gasteiger partial charge in [-0.25, -0.2) is 0 Å². The van der Waals surface area contributed by atoms with Crippen LogP contribution in [-0.4, -0.2) is 47.3 Å². The molecule has 0 bridgehead atoms. The van der Waals surface area contributed by atoms with Crippen molar-refractivity contribution in [1.29, 1.82) is 0 Å². The van der Waals surface area contributed by atoms with Crippen LogP contribution in [0.3, 0.4) is 0 Å². The number of benzene rings is 1. The average molecular weight is 349 g/mol. The van der Waals surface area contributed by atoms with E-state index in [0.29, 0.717) is 24.5 Å². The number of halogens is 1. The van der Waals surface area contributed by atoms with Crippen molar-refractivity contribution in [1.82, 2.24) is 9.80 Å². The van der Waals surface area contributed by atoms with Crippen molar-refractivity contribution in [2.24, 2.45) is 5.41 Å². The van der Waals surface area contributed by atoms with Gasteiger partial charge in [-0.1, -0.05) is 23.7 Å². The van der Waals surface area contributed by atoms with Crippen molar-refractivity contribution < 1.29 is 9.59 Å². The van der Waals surface area contributed by atoms with E-state index in [9.17, 15) is 9.59 Å². The van der Waals surface area contributed by atoms with Gasteiger partial charge in [0.1, 0.15) is 0 Å². The monoisotopic (exact) mass is 348 g/mol. The third-order valence-corrected chi connectivity index (χ3v) is 5.58. The molecular weight excluding hydrogens is 324 g/mol. The lowest BCUT2D eigenvalue weighted by molar-refractivity contribution is -0.148. The molecule has 2 aliphatic rings. The summed E-state index contributed by atoms with van der Waals surface area (Å²) >= 11 is 5.99. The van der Waals surface area contributed by atoms with Crippen molar-refractivity contribution >= 4 is 23.4 Å². The second-order valence-electron chi connectivity index (χ2n) is 7.35. The SMILES string of the molecule is CC(C)N1CCCC2(CCN(C(=O)Cc3cccc(Cl)c3)C2)C1=O. The number of carbonyl (C=O) groups is 2. The molecule has 2 amide bonds. The van der Waals surface area contributed by atoms with Crippen molar-refractivity contribution in [2.45, 2.75) is 45.6 Å². The molecular formula is C19H25ClN2O2. The fourth-order valence-electron chi connectivity index (χ4n) is 3.99. The normalized spacial score (nSPS) is 24.2. The zero-order valence-corrected chi connectivity index (χ0v) is 15.2. The topological polar surface area (TPSA) is 40.6 Å². The first-order valence-corrected chi connectivity index (χ1v) is 9.12. The number of rotatable bonds is 3. The van der Waals surface area contributed by atoms with E-state index in [2.05, 4.69) is 13.8 Å². The molecule has 4 nitrogen and oxygen atoms in total. The Hall–Kier alpha value is -1.55. The molecule has 2 saturated heterocycles. The Balaban J connectivity index is 1.68. The summed E-state index contributed by atoms with van der Waals surface area (Å²) in [6.45, 7) is 6.21. The molecule has 1 aromatic carbocycles. The first-order valence-electron chi connectivity index (χ1n) is 8.75. The van der Waals surface area contributed by atoms with E-state index in [-0.39, 0.29) is 23.3 Å². The predicted molar refractivity (Wildman–Crippen MR) is 94.9 cm³/mol. The maximum absolute atomic E-state index is 12.9. The lowest BCUT2D eigenvalue weighted by atomic mass is 9.78. The molecule has 0 N–H and O–H groups in total. The maximum atomic E-state index is 12.9. The molecule has 0 saturated carbocycles. The van der Waals surface area contributed by atoms with E-state index in [0.717, 1.165) is 31.4 Å². The van der Waals surface area contributed by atoms with Crippen LogP contribution >= 0.6 is 11.6 Å². The fraction of sp³-hybridized carbons (Fsp3) is 0.579. The minimum Gasteiger partial charge on any atom is -0.341 e. The molecule has 2 aliphatic heterocycles. The number of carbonyl (C=O) groups excluding carboxylic acids is 2. The molecule has 0 aliphatic carbocycles. The Morgan fingerprint density at radius 1 is 1.29 bits per heavy atom. The Kier molecular flexibility index (Phi) is 4.86. The highest BCUT2D eigenvalue weighted by molar-refractivity contribution is 6.30. The molecule has 1 spiro atoms. The summed E-state index contributed by atoms with van der Waals surface area (Å²) in [5.41, 5.74) is 0.569. The summed E-state index contributed by atoms with van der Waals surface area (Å²) < 4.78 is 0. The second-order valence-corrected chi connectivity index (χ2v) is 7.78. The molecule has 2 fully saturated rings. The summed E-state index contributed by atoms with van der Waals surface area (Å²) in [5, 5.41) is 0.647. The lowest BCUT2D eigenvalue weighted by Gasteiger charge is -2.41. The van der Waals surface area contributed by atoms with Gasteiger partial charge in [0.05, 0.1) is 11.8 Å². The molecule has 1 aromatic rings. The van der Waals surface area contributed by atoms with E-state index in [1.54, 1.807) is 0 Å². The van der Waals surface area contributed by atoms with Gasteiger partial charge < -0.3 is 9.80 Å². The van der Waals surface area contributed by atoms with Gasteiger partial charge in [0.25, 0.3) is 0 Å². The third-order valence-electron chi connectivity index (χ3n) is 5.34. The fourth-order valence-corrected chi connectivity index (χ4v) is 4.20. The molecule has 0 radical (unpaired) electrons. The molecule has 1 unspecified atom stereocenters. The maximum Gasteiger partial charge on any atom is 0.230 e. The van der Waals surface area contributed by atoms with Crippen LogP contribution < -0.4 is 0 Å². The largest absolute Gasteiger partial charge is 0.341 e. The first kappa shape index (κ1) is 17.3. The number of hydrogen-bond acceptors (Lipinski definition) is 2. The zero-order valence-electron chi connectivity index (χ0n) is 14.4. The van der Waals surface area contributed by atoms with Crippen molar-refractivity contribution in [2.75, 3.05) is 19.6 Å². The number of hydrogen-bond donors (Lipinski definition) is 0. The molecule has 5 heteroatoms. The standard InChI is InChI=1S/C19H25ClN2O2/c1-14(2)22-9-4-7-19(18(22)24)8-10-21(13-19)17(23)12-15-5-3-6-16(20)11-15/h3,5-6,11,14H,4,7-10,12-13H2,1-2H3. The third kappa shape index (κ3) is 3.30. The van der Waals surface area contributed by atoms with Crippen LogP contribution in [0.25, 0.3) is 0 Å². The average Bonchev–Trinajstić information content (AvgIpc) is 2.95. The lowest BCUT2D eigenvalue weighted by Crippen LogP contribution is -2.52. The van der Waals surface area contributed by atoms with Gasteiger partial charge in [0.15, 0.2) is 0 Å². The van der Waals surface area contributed by atoms with Gasteiger partial charge in [-0.15, -0.1) is 0 Å². The van der Waals surface area contributed by atoms with Gasteiger partial charge in [-0.2, -0.15) is 0 Å². The van der Waals surface area contributed by atoms with Crippen LogP contribution in [0, 0.1) is 5.41 Å². The summed E-state index contributed by atoms with van der Waals surface area (Å²) in [6, 6.07) is 7.65. The molecule has 1 atom stereocenters. The second kappa shape index (κ2) is 6.75. The van der Waals surface area contributed by atoms with E-state index in [1.807, 2.05) is 34.1 Å². The summed E-state index contributed by atoms with van der Waals surface area (Å²) in [7, 11) is 0. The van der Waals surface area contributed by atoms with Crippen LogP contribution in [0.1, 0.15) is 38.7 Å². The molecule has 0 aromatic heterocycles. The Bertz CT molecular complexity index is 646. The molecule has 2 heterocycles. The van der Waals surface area contributed by atoms with Gasteiger partial charge in [-0.3, -0.25) is 9.59 Å². The van der Waals surface area contributed by atoms with Crippen LogP contribution in [0.5, 0.6) is 0 Å². The molecule has 24 heavy (non-hydrogen) atoms. The van der Waals surface area contributed by atoms with Crippen LogP contribution in [0.2, 0.25) is 5.02 Å². The van der Waals surface area contributed by atoms with E-state index < -0.39 is 0 Å². The molecule has 130 valence electrons. The molecule has 3 rings (SSSR count). The van der Waals surface area contributed by atoms with Crippen molar-refractivity contribution in [3.05, 3.63) is 34.9 Å². The van der Waals surface area contributed by atoms with Crippen LogP contribution in [0.4, 0.5) is 0 Å². The van der Waals surface area contributed by atoms with Crippen LogP contribution in [0.15, 0.2) is 24.3 Å². The van der Waals surface area contributed by atoms with Crippen LogP contribution in [-0.2, 0) is 16.0 Å². The van der Waals surface area contributed by atoms with Crippen molar-refractivity contribution in [3.8, 4) is 0 Å². The first-order chi connectivity index (χ1) is 11.4. The highest BCUT2D eigenvalue weighted by atomic mass is 35.5. The number of amides is 2. The van der Waals surface area contributed by atoms with E-state index in [1.165, 1.54) is 0 Å². The highest BCUT2D eigenvalue weighted by Crippen LogP contribution is 2.40. The summed E-state index contributed by atoms with van der Waals surface area (Å²) in [5.74, 6) is 0.324. The Morgan fingerprint density at radius 3 is 2.79 bits per heavy atom. The zero-order chi connectivity index (χ0) is 17.3. The number of nitrogens with zero attached hydrogens (tertiary/aromatic N) is 2. The van der Waals surface area contributed by atoms with Gasteiger partial charge in [-0.05, 0) is 50.8 Å². The summed E-state index contributed by atoms with van der Waals surface area (Å²) in [4.78, 5) is 29.4. The van der Waals surface area contributed by atoms with Gasteiger partial charge in [0, 0.05) is 30.7 Å². The summed E-state index contributed by atoms with van der Waals surface area (Å²) in [6.07, 6.45) is 3.06. The van der Waals surface area contributed by atoms with Gasteiger partial charge in [0.2, 0.25) is 11.8 Å². The van der Waals surface area contributed by atoms with E-state index >= 15 is 0 Å². The minimum absolute atomic E-state index is 0.0867. The Labute approximate surface area is 148 Å². The quantitative estimate of drug-likeness (QED) is 0.842. The van der Waals surface area contributed by atoms with E-state index in [4.69, 9.17) is 11.6 Å².